The van der Waals surface area contributed by atoms with Gasteiger partial charge in [0.25, 0.3) is 0 Å². The molecule has 7 heteroatoms. The van der Waals surface area contributed by atoms with Crippen molar-refractivity contribution in [2.24, 2.45) is 5.92 Å². The van der Waals surface area contributed by atoms with Gasteiger partial charge in [0.05, 0.1) is 5.92 Å². The van der Waals surface area contributed by atoms with Crippen molar-refractivity contribution in [1.29, 1.82) is 0 Å². The fourth-order valence-corrected chi connectivity index (χ4v) is 4.91. The number of pyridine rings is 2. The number of hydrogen-bond donors (Lipinski definition) is 1. The van der Waals surface area contributed by atoms with Gasteiger partial charge in [-0.3, -0.25) is 14.6 Å². The molecule has 160 valence electrons. The van der Waals surface area contributed by atoms with Crippen molar-refractivity contribution < 1.29 is 9.59 Å². The molecule has 2 amide bonds. The molecule has 0 spiro atoms. The van der Waals surface area contributed by atoms with Crippen LogP contribution in [0.4, 0.5) is 0 Å². The average Bonchev–Trinajstić information content (AvgIpc) is 3.39. The summed E-state index contributed by atoms with van der Waals surface area (Å²) in [5.74, 6) is -0.210. The van der Waals surface area contributed by atoms with Crippen molar-refractivity contribution >= 4 is 22.8 Å². The zero-order valence-electron chi connectivity index (χ0n) is 17.5. The standard InChI is InChI=1S/C24H27N5O2/c30-22-13-19(16-28(22)15-17-3-1-10-25-14-17)24(31)27-20-5-7-21(8-6-20)29-12-9-18-4-2-11-26-23(18)29/h1-4,9-12,14,19-21H,5-8,13,15-16H2,(H,27,31). The van der Waals surface area contributed by atoms with Crippen LogP contribution in [-0.4, -0.2) is 43.8 Å². The van der Waals surface area contributed by atoms with E-state index in [9.17, 15) is 9.59 Å². The molecule has 3 aromatic heterocycles. The Labute approximate surface area is 181 Å². The Balaban J connectivity index is 1.14. The number of fused-ring (bicyclic) bond motifs is 1. The van der Waals surface area contributed by atoms with E-state index in [0.717, 1.165) is 36.9 Å². The highest BCUT2D eigenvalue weighted by molar-refractivity contribution is 5.89. The average molecular weight is 418 g/mol. The fraction of sp³-hybridized carbons (Fsp3) is 0.417. The Hall–Kier alpha value is -3.22. The molecule has 31 heavy (non-hydrogen) atoms. The van der Waals surface area contributed by atoms with Crippen molar-refractivity contribution in [3.05, 3.63) is 60.7 Å². The lowest BCUT2D eigenvalue weighted by atomic mass is 9.90. The van der Waals surface area contributed by atoms with E-state index in [1.165, 1.54) is 5.39 Å². The second kappa shape index (κ2) is 8.49. The van der Waals surface area contributed by atoms with Crippen LogP contribution in [0.25, 0.3) is 11.0 Å². The number of amides is 2. The first-order chi connectivity index (χ1) is 15.2. The summed E-state index contributed by atoms with van der Waals surface area (Å²) < 4.78 is 2.28. The van der Waals surface area contributed by atoms with Crippen LogP contribution in [0.3, 0.4) is 0 Å². The highest BCUT2D eigenvalue weighted by Crippen LogP contribution is 2.31. The first-order valence-corrected chi connectivity index (χ1v) is 11.1. The molecule has 0 aromatic carbocycles. The maximum absolute atomic E-state index is 12.8. The van der Waals surface area contributed by atoms with Gasteiger partial charge in [0.1, 0.15) is 5.65 Å². The van der Waals surface area contributed by atoms with E-state index in [2.05, 4.69) is 38.2 Å². The molecule has 2 aliphatic rings. The Kier molecular flexibility index (Phi) is 5.40. The summed E-state index contributed by atoms with van der Waals surface area (Å²) in [6.45, 7) is 0.996. The number of carbonyl (C=O) groups is 2. The Morgan fingerprint density at radius 1 is 1.10 bits per heavy atom. The summed E-state index contributed by atoms with van der Waals surface area (Å²) in [7, 11) is 0. The van der Waals surface area contributed by atoms with Gasteiger partial charge in [-0.05, 0) is 55.5 Å². The third-order valence-corrected chi connectivity index (χ3v) is 6.59. The minimum absolute atomic E-state index is 0.0126. The van der Waals surface area contributed by atoms with Crippen LogP contribution in [0, 0.1) is 5.92 Å². The fourth-order valence-electron chi connectivity index (χ4n) is 4.91. The van der Waals surface area contributed by atoms with E-state index in [4.69, 9.17) is 0 Å². The molecule has 1 unspecified atom stereocenters. The smallest absolute Gasteiger partial charge is 0.225 e. The molecule has 1 atom stereocenters. The summed E-state index contributed by atoms with van der Waals surface area (Å²) in [6.07, 6.45) is 11.7. The topological polar surface area (TPSA) is 80.1 Å². The van der Waals surface area contributed by atoms with Crippen molar-refractivity contribution in [2.75, 3.05) is 6.54 Å². The molecule has 0 radical (unpaired) electrons. The first-order valence-electron chi connectivity index (χ1n) is 11.1. The zero-order valence-corrected chi connectivity index (χ0v) is 17.5. The van der Waals surface area contributed by atoms with Crippen LogP contribution < -0.4 is 5.32 Å². The number of nitrogens with zero attached hydrogens (tertiary/aromatic N) is 4. The molecule has 1 aliphatic carbocycles. The predicted molar refractivity (Wildman–Crippen MR) is 117 cm³/mol. The van der Waals surface area contributed by atoms with Crippen LogP contribution in [-0.2, 0) is 16.1 Å². The molecule has 1 saturated heterocycles. The maximum Gasteiger partial charge on any atom is 0.225 e. The second-order valence-corrected chi connectivity index (χ2v) is 8.69. The molecule has 1 aliphatic heterocycles. The third kappa shape index (κ3) is 4.17. The lowest BCUT2D eigenvalue weighted by Crippen LogP contribution is -2.41. The van der Waals surface area contributed by atoms with E-state index >= 15 is 0 Å². The molecule has 3 aromatic rings. The SMILES string of the molecule is O=C(NC1CCC(n2ccc3cccnc32)CC1)C1CC(=O)N(Cc2cccnc2)C1. The number of carbonyl (C=O) groups excluding carboxylic acids is 2. The molecule has 4 heterocycles. The van der Waals surface area contributed by atoms with Crippen LogP contribution in [0.5, 0.6) is 0 Å². The number of aromatic nitrogens is 3. The Morgan fingerprint density at radius 2 is 1.94 bits per heavy atom. The van der Waals surface area contributed by atoms with E-state index in [-0.39, 0.29) is 23.8 Å². The lowest BCUT2D eigenvalue weighted by Gasteiger charge is -2.31. The molecule has 1 saturated carbocycles. The van der Waals surface area contributed by atoms with Gasteiger partial charge in [-0.2, -0.15) is 0 Å². The normalized spacial score (nSPS) is 23.9. The van der Waals surface area contributed by atoms with Crippen molar-refractivity contribution in [3.63, 3.8) is 0 Å². The minimum atomic E-state index is -0.264. The monoisotopic (exact) mass is 417 g/mol. The van der Waals surface area contributed by atoms with Crippen molar-refractivity contribution in [3.8, 4) is 0 Å². The van der Waals surface area contributed by atoms with Gasteiger partial charge in [0.2, 0.25) is 11.8 Å². The number of likely N-dealkylation sites (tertiary alicyclic amines) is 1. The molecular weight excluding hydrogens is 390 g/mol. The van der Waals surface area contributed by atoms with Crippen LogP contribution in [0.15, 0.2) is 55.1 Å². The summed E-state index contributed by atoms with van der Waals surface area (Å²) in [5, 5.41) is 4.38. The van der Waals surface area contributed by atoms with Gasteiger partial charge in [0, 0.05) is 61.8 Å². The first kappa shape index (κ1) is 19.7. The van der Waals surface area contributed by atoms with E-state index in [1.54, 1.807) is 17.3 Å². The van der Waals surface area contributed by atoms with Gasteiger partial charge in [0.15, 0.2) is 0 Å². The second-order valence-electron chi connectivity index (χ2n) is 8.69. The molecule has 1 N–H and O–H groups in total. The largest absolute Gasteiger partial charge is 0.353 e. The van der Waals surface area contributed by atoms with Crippen LogP contribution in [0.1, 0.15) is 43.7 Å². The quantitative estimate of drug-likeness (QED) is 0.692. The summed E-state index contributed by atoms with van der Waals surface area (Å²) in [4.78, 5) is 35.6. The molecule has 7 nitrogen and oxygen atoms in total. The van der Waals surface area contributed by atoms with Gasteiger partial charge >= 0.3 is 0 Å². The summed E-state index contributed by atoms with van der Waals surface area (Å²) in [5.41, 5.74) is 2.02. The van der Waals surface area contributed by atoms with Gasteiger partial charge < -0.3 is 14.8 Å². The molecule has 0 bridgehead atoms. The molecule has 2 fully saturated rings. The summed E-state index contributed by atoms with van der Waals surface area (Å²) >= 11 is 0. The van der Waals surface area contributed by atoms with Crippen LogP contribution in [0.2, 0.25) is 0 Å². The zero-order chi connectivity index (χ0) is 21.2. The van der Waals surface area contributed by atoms with Gasteiger partial charge in [-0.15, -0.1) is 0 Å². The third-order valence-electron chi connectivity index (χ3n) is 6.59. The lowest BCUT2D eigenvalue weighted by molar-refractivity contribution is -0.129. The van der Waals surface area contributed by atoms with Crippen molar-refractivity contribution in [1.82, 2.24) is 24.8 Å². The van der Waals surface area contributed by atoms with Gasteiger partial charge in [-0.25, -0.2) is 4.98 Å². The molecule has 5 rings (SSSR count). The maximum atomic E-state index is 12.8. The number of hydrogen-bond acceptors (Lipinski definition) is 4. The Bertz CT molecular complexity index is 1070. The van der Waals surface area contributed by atoms with Crippen molar-refractivity contribution in [2.45, 2.75) is 50.7 Å². The van der Waals surface area contributed by atoms with E-state index in [0.29, 0.717) is 25.6 Å². The highest BCUT2D eigenvalue weighted by atomic mass is 16.2. The number of nitrogens with one attached hydrogen (secondary N) is 1. The summed E-state index contributed by atoms with van der Waals surface area (Å²) in [6, 6.07) is 10.6. The van der Waals surface area contributed by atoms with E-state index in [1.807, 2.05) is 24.4 Å². The predicted octanol–water partition coefficient (Wildman–Crippen LogP) is 3.08. The highest BCUT2D eigenvalue weighted by Gasteiger charge is 2.35. The van der Waals surface area contributed by atoms with E-state index < -0.39 is 0 Å². The van der Waals surface area contributed by atoms with Gasteiger partial charge in [-0.1, -0.05) is 6.07 Å². The number of rotatable bonds is 5. The Morgan fingerprint density at radius 3 is 2.74 bits per heavy atom. The molecular formula is C24H27N5O2. The minimum Gasteiger partial charge on any atom is -0.353 e. The van der Waals surface area contributed by atoms with Crippen LogP contribution >= 0.6 is 0 Å².